The molecule has 0 aliphatic heterocycles. The quantitative estimate of drug-likeness (QED) is 0.594. The van der Waals surface area contributed by atoms with Crippen molar-refractivity contribution in [2.24, 2.45) is 5.73 Å². The van der Waals surface area contributed by atoms with Crippen LogP contribution in [0.5, 0.6) is 0 Å². The Morgan fingerprint density at radius 3 is 2.45 bits per heavy atom. The first-order valence-electron chi connectivity index (χ1n) is 3.70. The molecule has 1 aliphatic rings. The van der Waals surface area contributed by atoms with Gasteiger partial charge in [0.05, 0.1) is 6.26 Å². The molecule has 0 saturated heterocycles. The Balaban J connectivity index is 2.41. The lowest BCUT2D eigenvalue weighted by molar-refractivity contribution is 0.554. The van der Waals surface area contributed by atoms with Crippen molar-refractivity contribution >= 4 is 10.0 Å². The van der Waals surface area contributed by atoms with Crippen LogP contribution in [0, 0.1) is 0 Å². The summed E-state index contributed by atoms with van der Waals surface area (Å²) in [6.45, 7) is 0. The van der Waals surface area contributed by atoms with Crippen molar-refractivity contribution in [1.82, 2.24) is 4.72 Å². The van der Waals surface area contributed by atoms with Gasteiger partial charge in [0, 0.05) is 12.1 Å². The van der Waals surface area contributed by atoms with Crippen LogP contribution in [0.4, 0.5) is 0 Å². The van der Waals surface area contributed by atoms with Gasteiger partial charge in [0.2, 0.25) is 10.0 Å². The minimum Gasteiger partial charge on any atom is -0.328 e. The third kappa shape index (κ3) is 3.18. The number of hydrogen-bond acceptors (Lipinski definition) is 3. The largest absolute Gasteiger partial charge is 0.328 e. The van der Waals surface area contributed by atoms with Crippen LogP contribution in [0.3, 0.4) is 0 Å². The normalized spacial score (nSPS) is 32.5. The summed E-state index contributed by atoms with van der Waals surface area (Å²) >= 11 is 0. The second-order valence-corrected chi connectivity index (χ2v) is 4.94. The van der Waals surface area contributed by atoms with Gasteiger partial charge in [0.25, 0.3) is 0 Å². The Kier molecular flexibility index (Phi) is 2.51. The molecular formula is C6H14N2O2S. The molecule has 11 heavy (non-hydrogen) atoms. The lowest BCUT2D eigenvalue weighted by Crippen LogP contribution is -2.33. The van der Waals surface area contributed by atoms with E-state index in [-0.39, 0.29) is 12.1 Å². The Bertz CT molecular complexity index is 225. The van der Waals surface area contributed by atoms with Crippen molar-refractivity contribution in [2.45, 2.75) is 31.3 Å². The van der Waals surface area contributed by atoms with Crippen LogP contribution in [-0.4, -0.2) is 26.8 Å². The van der Waals surface area contributed by atoms with Gasteiger partial charge in [-0.3, -0.25) is 0 Å². The molecule has 0 aromatic carbocycles. The summed E-state index contributed by atoms with van der Waals surface area (Å²) in [5.74, 6) is 0. The minimum absolute atomic E-state index is 0.0694. The van der Waals surface area contributed by atoms with Crippen LogP contribution < -0.4 is 10.5 Å². The molecule has 2 atom stereocenters. The van der Waals surface area contributed by atoms with Crippen molar-refractivity contribution in [3.8, 4) is 0 Å². The highest BCUT2D eigenvalue weighted by molar-refractivity contribution is 7.88. The lowest BCUT2D eigenvalue weighted by atomic mass is 10.2. The molecule has 1 rings (SSSR count). The van der Waals surface area contributed by atoms with Crippen LogP contribution in [0.2, 0.25) is 0 Å². The first kappa shape index (κ1) is 8.96. The summed E-state index contributed by atoms with van der Waals surface area (Å²) in [5, 5.41) is 0. The zero-order chi connectivity index (χ0) is 8.48. The van der Waals surface area contributed by atoms with Gasteiger partial charge in [-0.25, -0.2) is 13.1 Å². The van der Waals surface area contributed by atoms with E-state index in [1.54, 1.807) is 0 Å². The molecular weight excluding hydrogens is 164 g/mol. The third-order valence-electron chi connectivity index (χ3n) is 1.85. The van der Waals surface area contributed by atoms with Crippen LogP contribution in [0.1, 0.15) is 19.3 Å². The zero-order valence-electron chi connectivity index (χ0n) is 6.58. The maximum atomic E-state index is 10.7. The summed E-state index contributed by atoms with van der Waals surface area (Å²) in [7, 11) is -3.04. The van der Waals surface area contributed by atoms with Crippen molar-refractivity contribution in [3.63, 3.8) is 0 Å². The molecule has 3 N–H and O–H groups in total. The molecule has 1 saturated carbocycles. The Morgan fingerprint density at radius 1 is 1.45 bits per heavy atom. The third-order valence-corrected chi connectivity index (χ3v) is 2.62. The first-order valence-corrected chi connectivity index (χ1v) is 5.59. The monoisotopic (exact) mass is 178 g/mol. The van der Waals surface area contributed by atoms with Gasteiger partial charge in [-0.05, 0) is 19.3 Å². The second kappa shape index (κ2) is 3.08. The van der Waals surface area contributed by atoms with Gasteiger partial charge in [0.1, 0.15) is 0 Å². The van der Waals surface area contributed by atoms with Gasteiger partial charge in [-0.2, -0.15) is 0 Å². The van der Waals surface area contributed by atoms with E-state index in [1.165, 1.54) is 6.26 Å². The van der Waals surface area contributed by atoms with Crippen LogP contribution in [0.25, 0.3) is 0 Å². The molecule has 1 fully saturated rings. The molecule has 0 radical (unpaired) electrons. The SMILES string of the molecule is CS(=O)(=O)N[C@H]1CC[C@@H](N)C1. The van der Waals surface area contributed by atoms with E-state index in [1.807, 2.05) is 0 Å². The average Bonchev–Trinajstić information content (AvgIpc) is 2.10. The van der Waals surface area contributed by atoms with E-state index in [9.17, 15) is 8.42 Å². The maximum absolute atomic E-state index is 10.7. The van der Waals surface area contributed by atoms with Crippen molar-refractivity contribution in [1.29, 1.82) is 0 Å². The molecule has 0 aromatic rings. The van der Waals surface area contributed by atoms with E-state index in [0.29, 0.717) is 0 Å². The van der Waals surface area contributed by atoms with E-state index in [4.69, 9.17) is 5.73 Å². The standard InChI is InChI=1S/C6H14N2O2S/c1-11(9,10)8-6-3-2-5(7)4-6/h5-6,8H,2-4,7H2,1H3/t5-,6+/m1/s1. The van der Waals surface area contributed by atoms with Crippen molar-refractivity contribution < 1.29 is 8.42 Å². The highest BCUT2D eigenvalue weighted by atomic mass is 32.2. The highest BCUT2D eigenvalue weighted by Gasteiger charge is 2.23. The summed E-state index contributed by atoms with van der Waals surface area (Å²) in [4.78, 5) is 0. The highest BCUT2D eigenvalue weighted by Crippen LogP contribution is 2.17. The topological polar surface area (TPSA) is 72.2 Å². The van der Waals surface area contributed by atoms with Crippen molar-refractivity contribution in [3.05, 3.63) is 0 Å². The van der Waals surface area contributed by atoms with Gasteiger partial charge in [0.15, 0.2) is 0 Å². The van der Waals surface area contributed by atoms with E-state index >= 15 is 0 Å². The number of nitrogens with one attached hydrogen (secondary N) is 1. The molecule has 66 valence electrons. The van der Waals surface area contributed by atoms with Gasteiger partial charge >= 0.3 is 0 Å². The van der Waals surface area contributed by atoms with Crippen molar-refractivity contribution in [2.75, 3.05) is 6.26 Å². The number of rotatable bonds is 2. The smallest absolute Gasteiger partial charge is 0.208 e. The summed E-state index contributed by atoms with van der Waals surface area (Å²) < 4.78 is 24.0. The second-order valence-electron chi connectivity index (χ2n) is 3.16. The molecule has 0 heterocycles. The average molecular weight is 178 g/mol. The summed E-state index contributed by atoms with van der Waals surface area (Å²) in [5.41, 5.74) is 5.61. The van der Waals surface area contributed by atoms with E-state index in [0.717, 1.165) is 19.3 Å². The summed E-state index contributed by atoms with van der Waals surface area (Å²) in [6.07, 6.45) is 3.74. The Morgan fingerprint density at radius 2 is 2.09 bits per heavy atom. The van der Waals surface area contributed by atoms with Crippen LogP contribution >= 0.6 is 0 Å². The summed E-state index contributed by atoms with van der Waals surface area (Å²) in [6, 6.07) is 0.245. The van der Waals surface area contributed by atoms with Gasteiger partial charge < -0.3 is 5.73 Å². The fraction of sp³-hybridized carbons (Fsp3) is 1.00. The predicted octanol–water partition coefficient (Wildman–Crippen LogP) is -0.585. The predicted molar refractivity (Wildman–Crippen MR) is 43.6 cm³/mol. The Labute approximate surface area is 67.2 Å². The molecule has 0 bridgehead atoms. The number of nitrogens with two attached hydrogens (primary N) is 1. The zero-order valence-corrected chi connectivity index (χ0v) is 7.39. The molecule has 0 amide bonds. The van der Waals surface area contributed by atoms with Gasteiger partial charge in [-0.1, -0.05) is 0 Å². The van der Waals surface area contributed by atoms with E-state index in [2.05, 4.69) is 4.72 Å². The fourth-order valence-electron chi connectivity index (χ4n) is 1.43. The number of hydrogen-bond donors (Lipinski definition) is 2. The Hall–Kier alpha value is -0.130. The molecule has 0 spiro atoms. The van der Waals surface area contributed by atoms with Gasteiger partial charge in [-0.15, -0.1) is 0 Å². The maximum Gasteiger partial charge on any atom is 0.208 e. The first-order chi connectivity index (χ1) is 4.97. The molecule has 5 heteroatoms. The molecule has 0 aromatic heterocycles. The fourth-order valence-corrected chi connectivity index (χ4v) is 2.25. The van der Waals surface area contributed by atoms with E-state index < -0.39 is 10.0 Å². The molecule has 4 nitrogen and oxygen atoms in total. The minimum atomic E-state index is -3.04. The molecule has 0 unspecified atom stereocenters. The van der Waals surface area contributed by atoms with Crippen LogP contribution in [-0.2, 0) is 10.0 Å². The molecule has 1 aliphatic carbocycles. The van der Waals surface area contributed by atoms with Crippen LogP contribution in [0.15, 0.2) is 0 Å². The lowest BCUT2D eigenvalue weighted by Gasteiger charge is -2.08. The number of sulfonamides is 1.